The molecule has 0 spiro atoms. The molecular weight excluding hydrogens is 275 g/mol. The zero-order chi connectivity index (χ0) is 15.5. The summed E-state index contributed by atoms with van der Waals surface area (Å²) in [7, 11) is 0. The summed E-state index contributed by atoms with van der Waals surface area (Å²) in [5.74, 6) is -0.207. The van der Waals surface area contributed by atoms with E-state index in [-0.39, 0.29) is 12.0 Å². The van der Waals surface area contributed by atoms with Gasteiger partial charge in [-0.05, 0) is 50.0 Å². The van der Waals surface area contributed by atoms with Crippen LogP contribution >= 0.6 is 0 Å². The highest BCUT2D eigenvalue weighted by Gasteiger charge is 2.49. The number of alkyl halides is 3. The zero-order valence-electron chi connectivity index (χ0n) is 13.4. The van der Waals surface area contributed by atoms with E-state index in [9.17, 15) is 13.2 Å². The van der Waals surface area contributed by atoms with E-state index >= 15 is 0 Å². The van der Waals surface area contributed by atoms with Gasteiger partial charge in [0.2, 0.25) is 0 Å². The molecule has 124 valence electrons. The van der Waals surface area contributed by atoms with Crippen molar-refractivity contribution in [2.45, 2.75) is 77.4 Å². The molecule has 1 nitrogen and oxygen atoms in total. The van der Waals surface area contributed by atoms with Crippen LogP contribution in [0.25, 0.3) is 0 Å². The van der Waals surface area contributed by atoms with Crippen molar-refractivity contribution in [1.82, 2.24) is 5.32 Å². The van der Waals surface area contributed by atoms with Crippen LogP contribution in [-0.4, -0.2) is 18.8 Å². The third kappa shape index (κ3) is 4.37. The first kappa shape index (κ1) is 17.1. The molecule has 4 heteroatoms. The molecule has 0 aliphatic heterocycles. The van der Waals surface area contributed by atoms with Crippen LogP contribution in [0.2, 0.25) is 0 Å². The maximum atomic E-state index is 13.4. The van der Waals surface area contributed by atoms with Crippen molar-refractivity contribution in [3.63, 3.8) is 0 Å². The lowest BCUT2D eigenvalue weighted by Gasteiger charge is -2.43. The van der Waals surface area contributed by atoms with Gasteiger partial charge in [0.15, 0.2) is 0 Å². The van der Waals surface area contributed by atoms with Crippen LogP contribution in [0.1, 0.15) is 65.2 Å². The standard InChI is InChI=1S/C17H30F3N/c1-3-21-16(13-8-6-7-12(2)11-13)14-9-4-5-10-15(14)17(18,19)20/h12-16,21H,3-11H2,1-2H3. The summed E-state index contributed by atoms with van der Waals surface area (Å²) in [6.07, 6.45) is 3.35. The molecule has 2 fully saturated rings. The molecule has 0 aromatic rings. The highest BCUT2D eigenvalue weighted by Crippen LogP contribution is 2.46. The molecule has 0 heterocycles. The molecule has 0 aromatic heterocycles. The number of hydrogen-bond acceptors (Lipinski definition) is 1. The molecule has 0 saturated heterocycles. The molecule has 1 N–H and O–H groups in total. The van der Waals surface area contributed by atoms with E-state index in [1.54, 1.807) is 0 Å². The third-order valence-corrected chi connectivity index (χ3v) is 5.63. The average molecular weight is 305 g/mol. The summed E-state index contributed by atoms with van der Waals surface area (Å²) in [6, 6.07) is 0.0599. The predicted molar refractivity (Wildman–Crippen MR) is 80.1 cm³/mol. The second-order valence-corrected chi connectivity index (χ2v) is 7.21. The van der Waals surface area contributed by atoms with Gasteiger partial charge in [-0.3, -0.25) is 0 Å². The Morgan fingerprint density at radius 2 is 1.76 bits per heavy atom. The van der Waals surface area contributed by atoms with Crippen molar-refractivity contribution in [2.24, 2.45) is 23.7 Å². The van der Waals surface area contributed by atoms with Gasteiger partial charge in [0.25, 0.3) is 0 Å². The lowest BCUT2D eigenvalue weighted by Crippen LogP contribution is -2.50. The number of rotatable bonds is 4. The summed E-state index contributed by atoms with van der Waals surface area (Å²) in [6.45, 7) is 5.04. The number of hydrogen-bond donors (Lipinski definition) is 1. The molecule has 21 heavy (non-hydrogen) atoms. The predicted octanol–water partition coefficient (Wildman–Crippen LogP) is 5.16. The van der Waals surface area contributed by atoms with E-state index in [0.717, 1.165) is 38.6 Å². The van der Waals surface area contributed by atoms with Crippen LogP contribution in [0.3, 0.4) is 0 Å². The smallest absolute Gasteiger partial charge is 0.314 e. The molecule has 0 radical (unpaired) electrons. The van der Waals surface area contributed by atoms with Gasteiger partial charge in [0, 0.05) is 6.04 Å². The Hall–Kier alpha value is -0.250. The first-order valence-corrected chi connectivity index (χ1v) is 8.73. The van der Waals surface area contributed by atoms with E-state index in [1.165, 1.54) is 12.8 Å². The van der Waals surface area contributed by atoms with Gasteiger partial charge < -0.3 is 5.32 Å². The maximum Gasteiger partial charge on any atom is 0.392 e. The summed E-state index contributed by atoms with van der Waals surface area (Å²) < 4.78 is 40.2. The van der Waals surface area contributed by atoms with E-state index < -0.39 is 12.1 Å². The minimum absolute atomic E-state index is 0.0599. The minimum atomic E-state index is -4.03. The van der Waals surface area contributed by atoms with Gasteiger partial charge in [-0.15, -0.1) is 0 Å². The molecule has 2 aliphatic carbocycles. The Kier molecular flexibility index (Phi) is 5.98. The molecular formula is C17H30F3N. The minimum Gasteiger partial charge on any atom is -0.314 e. The molecule has 5 atom stereocenters. The fraction of sp³-hybridized carbons (Fsp3) is 1.00. The number of nitrogens with one attached hydrogen (secondary N) is 1. The average Bonchev–Trinajstić information content (AvgIpc) is 2.44. The van der Waals surface area contributed by atoms with Gasteiger partial charge in [0.1, 0.15) is 0 Å². The van der Waals surface area contributed by atoms with Crippen molar-refractivity contribution in [2.75, 3.05) is 6.54 Å². The van der Waals surface area contributed by atoms with Crippen molar-refractivity contribution in [1.29, 1.82) is 0 Å². The molecule has 2 aliphatic rings. The molecule has 0 amide bonds. The summed E-state index contributed by atoms with van der Waals surface area (Å²) in [5, 5.41) is 3.44. The third-order valence-electron chi connectivity index (χ3n) is 5.63. The zero-order valence-corrected chi connectivity index (χ0v) is 13.4. The van der Waals surface area contributed by atoms with E-state index in [0.29, 0.717) is 18.3 Å². The summed E-state index contributed by atoms with van der Waals surface area (Å²) in [5.41, 5.74) is 0. The van der Waals surface area contributed by atoms with Crippen LogP contribution in [0, 0.1) is 23.7 Å². The fourth-order valence-corrected chi connectivity index (χ4v) is 4.71. The van der Waals surface area contributed by atoms with Crippen molar-refractivity contribution >= 4 is 0 Å². The molecule has 5 unspecified atom stereocenters. The van der Waals surface area contributed by atoms with Crippen LogP contribution < -0.4 is 5.32 Å². The van der Waals surface area contributed by atoms with Gasteiger partial charge in [-0.2, -0.15) is 13.2 Å². The van der Waals surface area contributed by atoms with Crippen LogP contribution in [-0.2, 0) is 0 Å². The highest BCUT2D eigenvalue weighted by molar-refractivity contribution is 4.93. The van der Waals surface area contributed by atoms with Gasteiger partial charge in [-0.25, -0.2) is 0 Å². The molecule has 0 bridgehead atoms. The molecule has 0 aromatic carbocycles. The largest absolute Gasteiger partial charge is 0.392 e. The topological polar surface area (TPSA) is 12.0 Å². The summed E-state index contributed by atoms with van der Waals surface area (Å²) >= 11 is 0. The maximum absolute atomic E-state index is 13.4. The van der Waals surface area contributed by atoms with Gasteiger partial charge in [0.05, 0.1) is 5.92 Å². The number of halogens is 3. The Morgan fingerprint density at radius 3 is 2.38 bits per heavy atom. The Morgan fingerprint density at radius 1 is 1.05 bits per heavy atom. The monoisotopic (exact) mass is 305 g/mol. The summed E-state index contributed by atoms with van der Waals surface area (Å²) in [4.78, 5) is 0. The van der Waals surface area contributed by atoms with E-state index in [2.05, 4.69) is 12.2 Å². The van der Waals surface area contributed by atoms with Gasteiger partial charge in [-0.1, -0.05) is 39.5 Å². The van der Waals surface area contributed by atoms with Crippen LogP contribution in [0.5, 0.6) is 0 Å². The molecule has 2 rings (SSSR count). The SMILES string of the molecule is CCNC(C1CCCC(C)C1)C1CCCCC1C(F)(F)F. The Bertz CT molecular complexity index is 316. The second kappa shape index (κ2) is 7.34. The highest BCUT2D eigenvalue weighted by atomic mass is 19.4. The second-order valence-electron chi connectivity index (χ2n) is 7.21. The van der Waals surface area contributed by atoms with Crippen molar-refractivity contribution < 1.29 is 13.2 Å². The van der Waals surface area contributed by atoms with Crippen molar-refractivity contribution in [3.8, 4) is 0 Å². The Labute approximate surface area is 127 Å². The first-order valence-electron chi connectivity index (χ1n) is 8.73. The van der Waals surface area contributed by atoms with Gasteiger partial charge >= 0.3 is 6.18 Å². The lowest BCUT2D eigenvalue weighted by atomic mass is 9.67. The normalized spacial score (nSPS) is 36.4. The van der Waals surface area contributed by atoms with Crippen molar-refractivity contribution in [3.05, 3.63) is 0 Å². The fourth-order valence-electron chi connectivity index (χ4n) is 4.71. The quantitative estimate of drug-likeness (QED) is 0.756. The van der Waals surface area contributed by atoms with E-state index in [1.807, 2.05) is 6.92 Å². The van der Waals surface area contributed by atoms with Crippen LogP contribution in [0.15, 0.2) is 0 Å². The Balaban J connectivity index is 2.14. The first-order chi connectivity index (χ1) is 9.93. The van der Waals surface area contributed by atoms with Crippen LogP contribution in [0.4, 0.5) is 13.2 Å². The van der Waals surface area contributed by atoms with E-state index in [4.69, 9.17) is 0 Å². The lowest BCUT2D eigenvalue weighted by molar-refractivity contribution is -0.201. The molecule has 2 saturated carbocycles.